The second-order valence-corrected chi connectivity index (χ2v) is 9.93. The number of nitrogens with one attached hydrogen (secondary N) is 1. The molecule has 3 heterocycles. The number of nitrogens with zero attached hydrogens (tertiary/aromatic N) is 4. The Labute approximate surface area is 220 Å². The lowest BCUT2D eigenvalue weighted by Crippen LogP contribution is -2.48. The van der Waals surface area contributed by atoms with E-state index in [0.29, 0.717) is 29.7 Å². The Balaban J connectivity index is 1.22. The van der Waals surface area contributed by atoms with Crippen molar-refractivity contribution in [2.45, 2.75) is 25.4 Å². The van der Waals surface area contributed by atoms with Crippen molar-refractivity contribution in [3.05, 3.63) is 76.8 Å². The monoisotopic (exact) mass is 529 g/mol. The van der Waals surface area contributed by atoms with Crippen LogP contribution in [0.5, 0.6) is 0 Å². The molecular formula is C26H29Cl2N5O3. The third-order valence-electron chi connectivity index (χ3n) is 6.64. The summed E-state index contributed by atoms with van der Waals surface area (Å²) in [6.45, 7) is 6.22. The molecule has 1 amide bonds. The van der Waals surface area contributed by atoms with Crippen LogP contribution >= 0.6 is 23.2 Å². The van der Waals surface area contributed by atoms with Crippen LogP contribution in [0.4, 0.5) is 11.4 Å². The summed E-state index contributed by atoms with van der Waals surface area (Å²) >= 11 is 12.7. The maximum Gasteiger partial charge on any atom is 0.219 e. The van der Waals surface area contributed by atoms with Gasteiger partial charge in [-0.25, -0.2) is 4.98 Å². The van der Waals surface area contributed by atoms with Gasteiger partial charge in [0.1, 0.15) is 6.10 Å². The first-order chi connectivity index (χ1) is 17.4. The summed E-state index contributed by atoms with van der Waals surface area (Å²) in [6, 6.07) is 13.7. The van der Waals surface area contributed by atoms with Crippen molar-refractivity contribution >= 4 is 40.5 Å². The number of hydrogen-bond acceptors (Lipinski definition) is 6. The van der Waals surface area contributed by atoms with E-state index in [0.717, 1.165) is 43.1 Å². The van der Waals surface area contributed by atoms with Crippen LogP contribution in [0.25, 0.3) is 0 Å². The minimum absolute atomic E-state index is 0.139. The van der Waals surface area contributed by atoms with Crippen LogP contribution in [-0.4, -0.2) is 65.8 Å². The Bertz CT molecular complexity index is 1180. The predicted octanol–water partition coefficient (Wildman–Crippen LogP) is 4.24. The molecule has 2 aliphatic heterocycles. The standard InChI is InChI=1S/C26H29Cl2N5O3/c1-19(34)32-10-12-33(13-11-32)22-5-3-21(4-6-22)30-15-23-16-35-26(36-23,17-31-9-8-29-18-31)24-7-2-20(27)14-25(24)28/h2-9,14,18,23,30H,10-13,15-17H2,1H3/t23-,26-/m0/s1. The van der Waals surface area contributed by atoms with E-state index in [2.05, 4.69) is 39.5 Å². The summed E-state index contributed by atoms with van der Waals surface area (Å²) in [4.78, 5) is 19.9. The molecule has 5 rings (SSSR count). The number of aromatic nitrogens is 2. The molecule has 10 heteroatoms. The van der Waals surface area contributed by atoms with Crippen LogP contribution in [-0.2, 0) is 26.6 Å². The van der Waals surface area contributed by atoms with Crippen molar-refractivity contribution < 1.29 is 14.3 Å². The highest BCUT2D eigenvalue weighted by atomic mass is 35.5. The van der Waals surface area contributed by atoms with Gasteiger partial charge >= 0.3 is 0 Å². The molecule has 190 valence electrons. The molecule has 0 spiro atoms. The first-order valence-corrected chi connectivity index (χ1v) is 12.7. The number of halogens is 2. The fourth-order valence-electron chi connectivity index (χ4n) is 4.70. The normalized spacial score (nSPS) is 22.1. The number of carbonyl (C=O) groups excluding carboxylic acids is 1. The van der Waals surface area contributed by atoms with Gasteiger partial charge in [0.15, 0.2) is 0 Å². The van der Waals surface area contributed by atoms with Crippen LogP contribution in [0.2, 0.25) is 10.0 Å². The van der Waals surface area contributed by atoms with E-state index in [1.54, 1.807) is 31.6 Å². The molecule has 2 saturated heterocycles. The van der Waals surface area contributed by atoms with Gasteiger partial charge in [0, 0.05) is 74.0 Å². The van der Waals surface area contributed by atoms with Crippen LogP contribution < -0.4 is 10.2 Å². The van der Waals surface area contributed by atoms with Gasteiger partial charge in [-0.15, -0.1) is 0 Å². The van der Waals surface area contributed by atoms with Crippen molar-refractivity contribution in [2.75, 3.05) is 49.5 Å². The van der Waals surface area contributed by atoms with E-state index in [1.807, 2.05) is 21.7 Å². The smallest absolute Gasteiger partial charge is 0.219 e. The molecule has 2 fully saturated rings. The Morgan fingerprint density at radius 1 is 1.14 bits per heavy atom. The highest BCUT2D eigenvalue weighted by Gasteiger charge is 2.45. The van der Waals surface area contributed by atoms with Crippen molar-refractivity contribution in [1.29, 1.82) is 0 Å². The number of rotatable bonds is 7. The molecule has 0 aliphatic carbocycles. The van der Waals surface area contributed by atoms with E-state index in [9.17, 15) is 4.79 Å². The maximum absolute atomic E-state index is 11.6. The highest BCUT2D eigenvalue weighted by Crippen LogP contribution is 2.40. The average molecular weight is 530 g/mol. The van der Waals surface area contributed by atoms with Crippen LogP contribution in [0.3, 0.4) is 0 Å². The van der Waals surface area contributed by atoms with E-state index in [1.165, 1.54) is 0 Å². The van der Waals surface area contributed by atoms with Crippen LogP contribution in [0.15, 0.2) is 61.2 Å². The average Bonchev–Trinajstić information content (AvgIpc) is 3.54. The molecule has 8 nitrogen and oxygen atoms in total. The second kappa shape index (κ2) is 10.7. The van der Waals surface area contributed by atoms with Gasteiger partial charge in [0.05, 0.1) is 24.5 Å². The van der Waals surface area contributed by atoms with E-state index in [-0.39, 0.29) is 12.0 Å². The van der Waals surface area contributed by atoms with Crippen LogP contribution in [0, 0.1) is 0 Å². The fourth-order valence-corrected chi connectivity index (χ4v) is 5.25. The van der Waals surface area contributed by atoms with E-state index < -0.39 is 5.79 Å². The second-order valence-electron chi connectivity index (χ2n) is 9.08. The molecule has 0 bridgehead atoms. The lowest BCUT2D eigenvalue weighted by Gasteiger charge is -2.35. The Morgan fingerprint density at radius 2 is 1.92 bits per heavy atom. The maximum atomic E-state index is 11.6. The summed E-state index contributed by atoms with van der Waals surface area (Å²) in [5, 5.41) is 4.51. The number of piperazine rings is 1. The number of ether oxygens (including phenoxy) is 2. The molecular weight excluding hydrogens is 501 g/mol. The van der Waals surface area contributed by atoms with E-state index in [4.69, 9.17) is 32.7 Å². The number of anilines is 2. The largest absolute Gasteiger partial charge is 0.382 e. The molecule has 0 saturated carbocycles. The zero-order valence-electron chi connectivity index (χ0n) is 20.1. The lowest BCUT2D eigenvalue weighted by atomic mass is 10.1. The van der Waals surface area contributed by atoms with Gasteiger partial charge in [-0.05, 0) is 36.4 Å². The molecule has 0 unspecified atom stereocenters. The van der Waals surface area contributed by atoms with Crippen molar-refractivity contribution in [3.63, 3.8) is 0 Å². The third kappa shape index (κ3) is 5.47. The minimum Gasteiger partial charge on any atom is -0.382 e. The van der Waals surface area contributed by atoms with Gasteiger partial charge in [-0.2, -0.15) is 0 Å². The molecule has 3 aromatic rings. The highest BCUT2D eigenvalue weighted by molar-refractivity contribution is 6.35. The zero-order valence-corrected chi connectivity index (χ0v) is 21.6. The number of benzene rings is 2. The Hall–Kier alpha value is -2.78. The minimum atomic E-state index is -1.04. The fraction of sp³-hybridized carbons (Fsp3) is 0.385. The number of amides is 1. The van der Waals surface area contributed by atoms with Crippen molar-refractivity contribution in [3.8, 4) is 0 Å². The number of carbonyl (C=O) groups is 1. The SMILES string of the molecule is CC(=O)N1CCN(c2ccc(NC[C@H]3CO[C@](Cn4ccnc4)(c4ccc(Cl)cc4Cl)O3)cc2)CC1. The number of imidazole rings is 1. The third-order valence-corrected chi connectivity index (χ3v) is 7.19. The van der Waals surface area contributed by atoms with Gasteiger partial charge in [-0.3, -0.25) is 4.79 Å². The first-order valence-electron chi connectivity index (χ1n) is 12.0. The summed E-state index contributed by atoms with van der Waals surface area (Å²) in [5.74, 6) is -0.902. The molecule has 2 atom stereocenters. The molecule has 2 aromatic carbocycles. The Kier molecular flexibility index (Phi) is 7.39. The van der Waals surface area contributed by atoms with Crippen LogP contribution in [0.1, 0.15) is 12.5 Å². The Morgan fingerprint density at radius 3 is 2.58 bits per heavy atom. The summed E-state index contributed by atoms with van der Waals surface area (Å²) in [5.41, 5.74) is 2.89. The van der Waals surface area contributed by atoms with Crippen molar-refractivity contribution in [1.82, 2.24) is 14.5 Å². The van der Waals surface area contributed by atoms with Gasteiger partial charge < -0.3 is 29.2 Å². The molecule has 2 aliphatic rings. The summed E-state index contributed by atoms with van der Waals surface area (Å²) in [6.07, 6.45) is 5.13. The summed E-state index contributed by atoms with van der Waals surface area (Å²) in [7, 11) is 0. The molecule has 1 N–H and O–H groups in total. The van der Waals surface area contributed by atoms with Crippen molar-refractivity contribution in [2.24, 2.45) is 0 Å². The predicted molar refractivity (Wildman–Crippen MR) is 141 cm³/mol. The quantitative estimate of drug-likeness (QED) is 0.493. The lowest BCUT2D eigenvalue weighted by molar-refractivity contribution is -0.185. The van der Waals surface area contributed by atoms with Gasteiger partial charge in [0.25, 0.3) is 0 Å². The topological polar surface area (TPSA) is 71.9 Å². The number of hydrogen-bond donors (Lipinski definition) is 1. The molecule has 1 aromatic heterocycles. The van der Waals surface area contributed by atoms with Gasteiger partial charge in [-0.1, -0.05) is 29.3 Å². The zero-order chi connectivity index (χ0) is 25.1. The van der Waals surface area contributed by atoms with E-state index >= 15 is 0 Å². The first kappa shape index (κ1) is 24.9. The van der Waals surface area contributed by atoms with Gasteiger partial charge in [0.2, 0.25) is 11.7 Å². The molecule has 0 radical (unpaired) electrons. The molecule has 36 heavy (non-hydrogen) atoms. The summed E-state index contributed by atoms with van der Waals surface area (Å²) < 4.78 is 14.7.